The number of hydrogen-bond acceptors (Lipinski definition) is 2. The van der Waals surface area contributed by atoms with E-state index < -0.39 is 29.0 Å². The molecule has 4 nitrogen and oxygen atoms in total. The summed E-state index contributed by atoms with van der Waals surface area (Å²) in [4.78, 5) is 12.7. The lowest BCUT2D eigenvalue weighted by Crippen LogP contribution is -2.17. The van der Waals surface area contributed by atoms with Gasteiger partial charge in [-0.25, -0.2) is 9.07 Å². The lowest BCUT2D eigenvalue weighted by atomic mass is 10.1. The molecule has 0 aliphatic heterocycles. The van der Waals surface area contributed by atoms with Crippen LogP contribution in [-0.2, 0) is 6.18 Å². The molecule has 0 radical (unpaired) electrons. The van der Waals surface area contributed by atoms with Crippen LogP contribution in [0.3, 0.4) is 0 Å². The van der Waals surface area contributed by atoms with E-state index in [0.717, 1.165) is 11.6 Å². The smallest absolute Gasteiger partial charge is 0.306 e. The van der Waals surface area contributed by atoms with E-state index in [4.69, 9.17) is 11.6 Å². The second-order valence-electron chi connectivity index (χ2n) is 6.79. The number of nitrogens with zero attached hydrogens (tertiary/aromatic N) is 2. The third-order valence-corrected chi connectivity index (χ3v) is 4.96. The number of aromatic nitrogens is 2. The maximum atomic E-state index is 14.3. The van der Waals surface area contributed by atoms with Crippen LogP contribution in [0.15, 0.2) is 78.9 Å². The van der Waals surface area contributed by atoms with Crippen LogP contribution >= 0.6 is 11.6 Å². The summed E-state index contributed by atoms with van der Waals surface area (Å²) in [5.74, 6) is -2.05. The number of rotatable bonds is 4. The maximum Gasteiger partial charge on any atom is 0.416 e. The maximum absolute atomic E-state index is 14.3. The number of benzene rings is 3. The lowest BCUT2D eigenvalue weighted by molar-refractivity contribution is -0.137. The fraction of sp³-hybridized carbons (Fsp3) is 0.0435. The largest absolute Gasteiger partial charge is 0.416 e. The van der Waals surface area contributed by atoms with Gasteiger partial charge in [0.2, 0.25) is 0 Å². The molecule has 0 fully saturated rings. The zero-order valence-corrected chi connectivity index (χ0v) is 17.0. The van der Waals surface area contributed by atoms with Crippen molar-refractivity contribution in [1.82, 2.24) is 9.78 Å². The van der Waals surface area contributed by atoms with Crippen molar-refractivity contribution in [3.63, 3.8) is 0 Å². The Morgan fingerprint density at radius 2 is 1.62 bits per heavy atom. The molecule has 32 heavy (non-hydrogen) atoms. The average molecular weight is 460 g/mol. The van der Waals surface area contributed by atoms with Crippen LogP contribution in [0, 0.1) is 5.82 Å². The Morgan fingerprint density at radius 1 is 0.938 bits per heavy atom. The van der Waals surface area contributed by atoms with Gasteiger partial charge in [0.15, 0.2) is 0 Å². The Balaban J connectivity index is 1.74. The van der Waals surface area contributed by atoms with Crippen molar-refractivity contribution in [1.29, 1.82) is 0 Å². The SMILES string of the molecule is O=C(Nc1cc(-c2ccccc2)nn1-c1ccccc1Cl)c1ccc(C(F)(F)F)cc1F. The number of amides is 1. The molecule has 162 valence electrons. The Hall–Kier alpha value is -3.65. The van der Waals surface area contributed by atoms with Gasteiger partial charge in [0.05, 0.1) is 27.5 Å². The van der Waals surface area contributed by atoms with Crippen LogP contribution in [0.4, 0.5) is 23.4 Å². The van der Waals surface area contributed by atoms with Crippen LogP contribution in [0.5, 0.6) is 0 Å². The summed E-state index contributed by atoms with van der Waals surface area (Å²) in [5, 5.41) is 7.38. The standard InChI is InChI=1S/C23H14ClF4N3O/c24-17-8-4-5-9-20(17)31-21(13-19(30-31)14-6-2-1-3-7-14)29-22(32)16-11-10-15(12-18(16)25)23(26,27)28/h1-13H,(H,29,32). The van der Waals surface area contributed by atoms with Gasteiger partial charge in [0.1, 0.15) is 11.6 Å². The van der Waals surface area contributed by atoms with Crippen molar-refractivity contribution >= 4 is 23.3 Å². The Labute approximate surface area is 185 Å². The Kier molecular flexibility index (Phi) is 5.71. The normalized spacial score (nSPS) is 11.4. The van der Waals surface area contributed by atoms with Crippen LogP contribution in [0.1, 0.15) is 15.9 Å². The Morgan fingerprint density at radius 3 is 2.28 bits per heavy atom. The van der Waals surface area contributed by atoms with E-state index in [1.807, 2.05) is 30.3 Å². The van der Waals surface area contributed by atoms with Crippen molar-refractivity contribution in [2.75, 3.05) is 5.32 Å². The Bertz CT molecular complexity index is 1290. The zero-order valence-electron chi connectivity index (χ0n) is 16.2. The molecule has 0 saturated heterocycles. The molecule has 1 heterocycles. The van der Waals surface area contributed by atoms with E-state index in [2.05, 4.69) is 10.4 Å². The van der Waals surface area contributed by atoms with Crippen LogP contribution in [0.25, 0.3) is 16.9 Å². The average Bonchev–Trinajstić information content (AvgIpc) is 3.17. The van der Waals surface area contributed by atoms with Crippen molar-refractivity contribution < 1.29 is 22.4 Å². The van der Waals surface area contributed by atoms with E-state index in [1.165, 1.54) is 4.68 Å². The fourth-order valence-corrected chi connectivity index (χ4v) is 3.30. The van der Waals surface area contributed by atoms with Gasteiger partial charge in [-0.05, 0) is 30.3 Å². The van der Waals surface area contributed by atoms with E-state index in [1.54, 1.807) is 30.3 Å². The number of carbonyl (C=O) groups is 1. The summed E-state index contributed by atoms with van der Waals surface area (Å²) in [7, 11) is 0. The molecule has 3 aromatic carbocycles. The van der Waals surface area contributed by atoms with Crippen molar-refractivity contribution in [3.05, 3.63) is 101 Å². The number of hydrogen-bond donors (Lipinski definition) is 1. The van der Waals surface area contributed by atoms with Crippen molar-refractivity contribution in [2.24, 2.45) is 0 Å². The molecular formula is C23H14ClF4N3O. The number of alkyl halides is 3. The van der Waals surface area contributed by atoms with Crippen molar-refractivity contribution in [3.8, 4) is 16.9 Å². The highest BCUT2D eigenvalue weighted by atomic mass is 35.5. The molecule has 0 bridgehead atoms. The second kappa shape index (κ2) is 8.47. The highest BCUT2D eigenvalue weighted by Crippen LogP contribution is 2.31. The van der Waals surface area contributed by atoms with Gasteiger partial charge < -0.3 is 5.32 Å². The molecule has 1 aromatic heterocycles. The molecule has 0 atom stereocenters. The van der Waals surface area contributed by atoms with Crippen LogP contribution in [-0.4, -0.2) is 15.7 Å². The van der Waals surface area contributed by atoms with Gasteiger partial charge in [0, 0.05) is 11.6 Å². The molecule has 0 unspecified atom stereocenters. The van der Waals surface area contributed by atoms with E-state index in [9.17, 15) is 22.4 Å². The summed E-state index contributed by atoms with van der Waals surface area (Å²) in [6, 6.07) is 19.2. The molecule has 0 saturated carbocycles. The van der Waals surface area contributed by atoms with Gasteiger partial charge in [-0.2, -0.15) is 18.3 Å². The molecule has 0 aliphatic rings. The highest BCUT2D eigenvalue weighted by Gasteiger charge is 2.31. The molecule has 1 amide bonds. The van der Waals surface area contributed by atoms with Crippen LogP contribution < -0.4 is 5.32 Å². The predicted octanol–water partition coefficient (Wildman–Crippen LogP) is 6.60. The van der Waals surface area contributed by atoms with E-state index in [0.29, 0.717) is 22.5 Å². The summed E-state index contributed by atoms with van der Waals surface area (Å²) >= 11 is 6.28. The second-order valence-corrected chi connectivity index (χ2v) is 7.20. The summed E-state index contributed by atoms with van der Waals surface area (Å²) in [6.07, 6.45) is -4.72. The summed E-state index contributed by atoms with van der Waals surface area (Å²) in [6.45, 7) is 0. The van der Waals surface area contributed by atoms with Crippen LogP contribution in [0.2, 0.25) is 5.02 Å². The molecule has 4 aromatic rings. The highest BCUT2D eigenvalue weighted by molar-refractivity contribution is 6.32. The number of para-hydroxylation sites is 1. The first kappa shape index (κ1) is 21.6. The van der Waals surface area contributed by atoms with E-state index >= 15 is 0 Å². The first-order chi connectivity index (χ1) is 15.2. The third kappa shape index (κ3) is 4.36. The number of halogens is 5. The van der Waals surface area contributed by atoms with Crippen molar-refractivity contribution in [2.45, 2.75) is 6.18 Å². The lowest BCUT2D eigenvalue weighted by Gasteiger charge is -2.12. The summed E-state index contributed by atoms with van der Waals surface area (Å²) < 4.78 is 54.1. The minimum atomic E-state index is -4.72. The number of nitrogens with one attached hydrogen (secondary N) is 1. The van der Waals surface area contributed by atoms with Gasteiger partial charge in [-0.1, -0.05) is 54.1 Å². The number of carbonyl (C=O) groups excluding carboxylic acids is 1. The van der Waals surface area contributed by atoms with E-state index in [-0.39, 0.29) is 11.9 Å². The minimum absolute atomic E-state index is 0.168. The minimum Gasteiger partial charge on any atom is -0.306 e. The molecule has 0 aliphatic carbocycles. The van der Waals surface area contributed by atoms with Gasteiger partial charge in [-0.15, -0.1) is 0 Å². The number of anilines is 1. The molecule has 9 heteroatoms. The van der Waals surface area contributed by atoms with Gasteiger partial charge in [-0.3, -0.25) is 4.79 Å². The quantitative estimate of drug-likeness (QED) is 0.349. The van der Waals surface area contributed by atoms with Gasteiger partial charge in [0.25, 0.3) is 5.91 Å². The molecule has 4 rings (SSSR count). The topological polar surface area (TPSA) is 46.9 Å². The predicted molar refractivity (Wildman–Crippen MR) is 113 cm³/mol. The first-order valence-electron chi connectivity index (χ1n) is 9.32. The molecule has 1 N–H and O–H groups in total. The summed E-state index contributed by atoms with van der Waals surface area (Å²) in [5.41, 5.74) is 0.00737. The van der Waals surface area contributed by atoms with Gasteiger partial charge >= 0.3 is 6.18 Å². The first-order valence-corrected chi connectivity index (χ1v) is 9.70. The molecule has 0 spiro atoms. The third-order valence-electron chi connectivity index (χ3n) is 4.64. The fourth-order valence-electron chi connectivity index (χ4n) is 3.09. The zero-order chi connectivity index (χ0) is 22.9. The monoisotopic (exact) mass is 459 g/mol. The molecular weight excluding hydrogens is 446 g/mol.